The number of thiophene rings is 1. The molecule has 1 aliphatic rings. The number of ketones is 1. The second-order valence-electron chi connectivity index (χ2n) is 7.53. The smallest absolute Gasteiger partial charge is 0.406 e. The van der Waals surface area contributed by atoms with Crippen LogP contribution in [0.5, 0.6) is 5.75 Å². The standard InChI is InChI=1S/C21H15F3N4O4S/c22-21(23,24)31-12-7-5-11(6-8-12)28-16(20(30)32-27-28)17(29)18-15(25)13-9-10-3-1-2-4-14(10)26-19(13)33-18/h5-9H,1-4H2,(H2-,25,27,29,30)/p+1. The van der Waals surface area contributed by atoms with Gasteiger partial charge in [0.25, 0.3) is 5.78 Å². The maximum Gasteiger partial charge on any atom is 0.573 e. The quantitative estimate of drug-likeness (QED) is 0.344. The maximum atomic E-state index is 13.3. The van der Waals surface area contributed by atoms with Crippen LogP contribution in [-0.4, -0.2) is 22.4 Å². The van der Waals surface area contributed by atoms with Crippen LogP contribution in [0.25, 0.3) is 15.9 Å². The van der Waals surface area contributed by atoms with Gasteiger partial charge in [-0.3, -0.25) is 9.32 Å². The number of alkyl halides is 3. The minimum atomic E-state index is -4.84. The van der Waals surface area contributed by atoms with E-state index >= 15 is 0 Å². The van der Waals surface area contributed by atoms with Crippen LogP contribution >= 0.6 is 11.3 Å². The maximum absolute atomic E-state index is 13.3. The average molecular weight is 477 g/mol. The van der Waals surface area contributed by atoms with Crippen LogP contribution in [0.15, 0.2) is 39.6 Å². The SMILES string of the molecule is Nc1c(C(=O)c2c(=O)o[nH][n+]2-c2ccc(OC(F)(F)F)cc2)sc2nc3c(cc12)CCCC3. The van der Waals surface area contributed by atoms with Gasteiger partial charge in [-0.25, -0.2) is 9.78 Å². The predicted molar refractivity (Wildman–Crippen MR) is 112 cm³/mol. The normalized spacial score (nSPS) is 13.8. The fraction of sp³-hybridized carbons (Fsp3) is 0.238. The molecule has 0 unspecified atom stereocenters. The summed E-state index contributed by atoms with van der Waals surface area (Å²) in [5.74, 6) is -1.13. The number of nitrogens with two attached hydrogens (primary N) is 1. The molecule has 8 nitrogen and oxygen atoms in total. The molecule has 170 valence electrons. The van der Waals surface area contributed by atoms with Crippen molar-refractivity contribution in [1.82, 2.24) is 10.3 Å². The summed E-state index contributed by atoms with van der Waals surface area (Å²) in [6, 6.07) is 6.54. The van der Waals surface area contributed by atoms with E-state index in [2.05, 4.69) is 15.0 Å². The number of benzene rings is 1. The zero-order chi connectivity index (χ0) is 23.3. The van der Waals surface area contributed by atoms with Crippen LogP contribution in [-0.2, 0) is 12.8 Å². The van der Waals surface area contributed by atoms with Gasteiger partial charge in [-0.1, -0.05) is 0 Å². The molecule has 4 aromatic rings. The Morgan fingerprint density at radius 3 is 2.67 bits per heavy atom. The van der Waals surface area contributed by atoms with Crippen molar-refractivity contribution in [3.8, 4) is 11.4 Å². The van der Waals surface area contributed by atoms with E-state index in [1.165, 1.54) is 12.1 Å². The first-order valence-electron chi connectivity index (χ1n) is 9.96. The van der Waals surface area contributed by atoms with E-state index in [9.17, 15) is 22.8 Å². The van der Waals surface area contributed by atoms with Gasteiger partial charge in [0.2, 0.25) is 5.69 Å². The Labute approximate surface area is 187 Å². The van der Waals surface area contributed by atoms with Crippen LogP contribution in [0.3, 0.4) is 0 Å². The van der Waals surface area contributed by atoms with Crippen LogP contribution in [0.2, 0.25) is 0 Å². The van der Waals surface area contributed by atoms with Crippen molar-refractivity contribution in [3.05, 3.63) is 62.6 Å². The highest BCUT2D eigenvalue weighted by molar-refractivity contribution is 7.21. The third-order valence-electron chi connectivity index (χ3n) is 5.40. The van der Waals surface area contributed by atoms with Crippen molar-refractivity contribution >= 4 is 33.0 Å². The Morgan fingerprint density at radius 2 is 1.94 bits per heavy atom. The van der Waals surface area contributed by atoms with Crippen LogP contribution in [0.1, 0.15) is 39.5 Å². The highest BCUT2D eigenvalue weighted by Gasteiger charge is 2.35. The number of nitrogen functional groups attached to an aromatic ring is 1. The van der Waals surface area contributed by atoms with E-state index in [-0.39, 0.29) is 21.9 Å². The summed E-state index contributed by atoms with van der Waals surface area (Å²) >= 11 is 1.09. The summed E-state index contributed by atoms with van der Waals surface area (Å²) < 4.78 is 46.9. The molecule has 1 aliphatic carbocycles. The van der Waals surface area contributed by atoms with Gasteiger partial charge in [0.05, 0.1) is 5.69 Å². The second-order valence-corrected chi connectivity index (χ2v) is 8.53. The monoisotopic (exact) mass is 477 g/mol. The van der Waals surface area contributed by atoms with E-state index in [1.807, 2.05) is 6.07 Å². The summed E-state index contributed by atoms with van der Waals surface area (Å²) in [6.07, 6.45) is -0.970. The number of aryl methyl sites for hydroxylation is 2. The molecule has 1 aromatic carbocycles. The number of carbonyl (C=O) groups is 1. The molecule has 5 rings (SSSR count). The number of anilines is 1. The Balaban J connectivity index is 1.54. The lowest BCUT2D eigenvalue weighted by atomic mass is 9.95. The van der Waals surface area contributed by atoms with Crippen LogP contribution < -0.4 is 20.8 Å². The minimum Gasteiger partial charge on any atom is -0.406 e. The van der Waals surface area contributed by atoms with Crippen LogP contribution in [0.4, 0.5) is 18.9 Å². The molecule has 3 aromatic heterocycles. The van der Waals surface area contributed by atoms with Gasteiger partial charge in [0.1, 0.15) is 15.5 Å². The van der Waals surface area contributed by atoms with Gasteiger partial charge in [0.15, 0.2) is 0 Å². The van der Waals surface area contributed by atoms with Crippen molar-refractivity contribution < 1.29 is 31.9 Å². The van der Waals surface area contributed by atoms with E-state index in [0.29, 0.717) is 10.2 Å². The number of hydrogen-bond acceptors (Lipinski definition) is 7. The Morgan fingerprint density at radius 1 is 1.21 bits per heavy atom. The number of carbonyl (C=O) groups excluding carboxylic acids is 1. The van der Waals surface area contributed by atoms with Crippen molar-refractivity contribution in [3.63, 3.8) is 0 Å². The number of hydrogen-bond donors (Lipinski definition) is 2. The topological polar surface area (TPSA) is 115 Å². The third kappa shape index (κ3) is 3.86. The molecular formula is C21H16F3N4O4S+. The molecule has 3 N–H and O–H groups in total. The molecule has 0 aliphatic heterocycles. The Hall–Kier alpha value is -3.67. The van der Waals surface area contributed by atoms with Crippen molar-refractivity contribution in [1.29, 1.82) is 0 Å². The minimum absolute atomic E-state index is 0.137. The summed E-state index contributed by atoms with van der Waals surface area (Å²) in [6.45, 7) is 0. The highest BCUT2D eigenvalue weighted by Crippen LogP contribution is 2.36. The molecule has 0 amide bonds. The number of halogens is 3. The lowest BCUT2D eigenvalue weighted by Crippen LogP contribution is -2.41. The van der Waals surface area contributed by atoms with Gasteiger partial charge < -0.3 is 10.5 Å². The van der Waals surface area contributed by atoms with Gasteiger partial charge in [-0.2, -0.15) is 0 Å². The first kappa shape index (κ1) is 21.2. The molecule has 0 saturated carbocycles. The van der Waals surface area contributed by atoms with E-state index in [4.69, 9.17) is 10.3 Å². The van der Waals surface area contributed by atoms with Gasteiger partial charge in [-0.15, -0.1) is 24.5 Å². The molecule has 3 heterocycles. The number of ether oxygens (including phenoxy) is 1. The first-order valence-corrected chi connectivity index (χ1v) is 10.8. The van der Waals surface area contributed by atoms with E-state index in [0.717, 1.165) is 65.1 Å². The fourth-order valence-electron chi connectivity index (χ4n) is 3.88. The zero-order valence-corrected chi connectivity index (χ0v) is 17.7. The van der Waals surface area contributed by atoms with Gasteiger partial charge in [0, 0.05) is 23.2 Å². The second kappa shape index (κ2) is 7.73. The Bertz CT molecular complexity index is 1440. The number of H-pyrrole nitrogens is 1. The molecular weight excluding hydrogens is 461 g/mol. The lowest BCUT2D eigenvalue weighted by Gasteiger charge is -2.14. The number of fused-ring (bicyclic) bond motifs is 2. The number of nitrogens with zero attached hydrogens (tertiary/aromatic N) is 2. The summed E-state index contributed by atoms with van der Waals surface area (Å²) in [7, 11) is 0. The molecule has 0 spiro atoms. The summed E-state index contributed by atoms with van der Waals surface area (Å²) in [5, 5.41) is 2.96. The number of aromatic amines is 1. The van der Waals surface area contributed by atoms with Crippen molar-refractivity contribution in [2.24, 2.45) is 0 Å². The fourth-order valence-corrected chi connectivity index (χ4v) is 4.92. The van der Waals surface area contributed by atoms with Crippen molar-refractivity contribution in [2.45, 2.75) is 32.0 Å². The summed E-state index contributed by atoms with van der Waals surface area (Å²) in [4.78, 5) is 31.1. The first-order chi connectivity index (χ1) is 15.7. The van der Waals surface area contributed by atoms with E-state index in [1.54, 1.807) is 0 Å². The molecule has 0 atom stereocenters. The average Bonchev–Trinajstić information content (AvgIpc) is 3.31. The molecule has 0 saturated heterocycles. The third-order valence-corrected chi connectivity index (χ3v) is 6.51. The van der Waals surface area contributed by atoms with Gasteiger partial charge >= 0.3 is 17.7 Å². The van der Waals surface area contributed by atoms with Gasteiger partial charge in [-0.05, 0) is 59.4 Å². The van der Waals surface area contributed by atoms with Crippen molar-refractivity contribution in [2.75, 3.05) is 5.73 Å². The molecule has 33 heavy (non-hydrogen) atoms. The molecule has 0 bridgehead atoms. The highest BCUT2D eigenvalue weighted by atomic mass is 32.1. The Kier molecular flexibility index (Phi) is 4.96. The van der Waals surface area contributed by atoms with E-state index < -0.39 is 23.5 Å². The van der Waals surface area contributed by atoms with Crippen LogP contribution in [0, 0.1) is 0 Å². The zero-order valence-electron chi connectivity index (χ0n) is 16.9. The molecule has 12 heteroatoms. The lowest BCUT2D eigenvalue weighted by molar-refractivity contribution is -0.672. The number of rotatable bonds is 4. The largest absolute Gasteiger partial charge is 0.573 e. The number of pyridine rings is 1. The predicted octanol–water partition coefficient (Wildman–Crippen LogP) is 3.44. The molecule has 0 fully saturated rings. The summed E-state index contributed by atoms with van der Waals surface area (Å²) in [5.41, 5.74) is 7.46. The molecule has 0 radical (unpaired) electrons. The number of aromatic nitrogens is 3. The number of nitrogens with one attached hydrogen (secondary N) is 1.